The Bertz CT molecular complexity index is 1210. The number of aromatic nitrogens is 1. The molecule has 1 aliphatic rings. The molecule has 154 valence electrons. The average Bonchev–Trinajstić information content (AvgIpc) is 3.06. The molecule has 9 nitrogen and oxygen atoms in total. The van der Waals surface area contributed by atoms with E-state index in [4.69, 9.17) is 9.47 Å². The zero-order valence-electron chi connectivity index (χ0n) is 15.2. The lowest BCUT2D eigenvalue weighted by Crippen LogP contribution is -2.15. The van der Waals surface area contributed by atoms with Gasteiger partial charge in [-0.05, 0) is 42.5 Å². The van der Waals surface area contributed by atoms with Crippen molar-refractivity contribution in [2.24, 2.45) is 0 Å². The number of pyridine rings is 1. The summed E-state index contributed by atoms with van der Waals surface area (Å²) in [6.45, 7) is 0. The van der Waals surface area contributed by atoms with Gasteiger partial charge >= 0.3 is 5.97 Å². The van der Waals surface area contributed by atoms with E-state index < -0.39 is 38.9 Å². The Balaban J connectivity index is 1.73. The van der Waals surface area contributed by atoms with Crippen LogP contribution >= 0.6 is 0 Å². The SMILES string of the molecule is O=C(O)c1cc(-c2ccc(Oc3ccccc3)cc2)nc2c1C(S(=O)(=O)O)OC2O. The fourth-order valence-electron chi connectivity index (χ4n) is 3.12. The molecule has 3 aromatic rings. The molecule has 1 aliphatic heterocycles. The lowest BCUT2D eigenvalue weighted by Gasteiger charge is -2.11. The predicted molar refractivity (Wildman–Crippen MR) is 103 cm³/mol. The fraction of sp³-hybridized carbons (Fsp3) is 0.100. The van der Waals surface area contributed by atoms with Gasteiger partial charge in [0.25, 0.3) is 10.1 Å². The van der Waals surface area contributed by atoms with E-state index in [0.29, 0.717) is 17.1 Å². The van der Waals surface area contributed by atoms with Gasteiger partial charge in [-0.15, -0.1) is 0 Å². The summed E-state index contributed by atoms with van der Waals surface area (Å²) in [7, 11) is -4.82. The number of aliphatic hydroxyl groups excluding tert-OH is 1. The Hall–Kier alpha value is -3.31. The molecule has 2 atom stereocenters. The van der Waals surface area contributed by atoms with Crippen LogP contribution in [-0.4, -0.2) is 34.1 Å². The molecule has 0 spiro atoms. The van der Waals surface area contributed by atoms with Crippen LogP contribution in [0, 0.1) is 0 Å². The molecule has 3 N–H and O–H groups in total. The number of nitrogens with zero attached hydrogens (tertiary/aromatic N) is 1. The summed E-state index contributed by atoms with van der Waals surface area (Å²) in [6, 6.07) is 16.9. The van der Waals surface area contributed by atoms with Crippen molar-refractivity contribution in [1.29, 1.82) is 0 Å². The third-order valence-corrected chi connectivity index (χ3v) is 5.33. The number of carboxylic acids is 1. The minimum absolute atomic E-state index is 0.177. The topological polar surface area (TPSA) is 143 Å². The van der Waals surface area contributed by atoms with E-state index in [1.54, 1.807) is 36.4 Å². The standard InChI is InChI=1S/C20H15NO8S/c22-18(23)14-10-15(21-17-16(14)20(29-19(17)24)30(25,26)27)11-6-8-13(9-7-11)28-12-4-2-1-3-5-12/h1-10,19-20,24H,(H,22,23)(H,25,26,27). The number of carbonyl (C=O) groups is 1. The Morgan fingerprint density at radius 1 is 1.03 bits per heavy atom. The molecule has 0 saturated heterocycles. The number of fused-ring (bicyclic) bond motifs is 1. The van der Waals surface area contributed by atoms with Gasteiger partial charge in [0.15, 0.2) is 0 Å². The van der Waals surface area contributed by atoms with Crippen molar-refractivity contribution in [2.45, 2.75) is 11.7 Å². The molecule has 2 heterocycles. The summed E-state index contributed by atoms with van der Waals surface area (Å²) in [5.41, 5.74) is -2.47. The molecule has 0 bridgehead atoms. The minimum atomic E-state index is -4.82. The highest BCUT2D eigenvalue weighted by Gasteiger charge is 2.43. The second kappa shape index (κ2) is 7.50. The Morgan fingerprint density at radius 3 is 2.27 bits per heavy atom. The molecule has 0 aliphatic carbocycles. The molecule has 0 fully saturated rings. The molecule has 2 unspecified atom stereocenters. The van der Waals surface area contributed by atoms with Gasteiger partial charge in [0.2, 0.25) is 11.7 Å². The third-order valence-electron chi connectivity index (χ3n) is 4.44. The summed E-state index contributed by atoms with van der Waals surface area (Å²) in [4.78, 5) is 15.9. The van der Waals surface area contributed by atoms with E-state index in [-0.39, 0.29) is 11.4 Å². The zero-order valence-corrected chi connectivity index (χ0v) is 16.0. The van der Waals surface area contributed by atoms with E-state index >= 15 is 0 Å². The Kier molecular flexibility index (Phi) is 5.00. The quantitative estimate of drug-likeness (QED) is 0.521. The number of carboxylic acid groups (broad SMARTS) is 1. The van der Waals surface area contributed by atoms with Crippen LogP contribution in [0.4, 0.5) is 0 Å². The third kappa shape index (κ3) is 3.76. The summed E-state index contributed by atoms with van der Waals surface area (Å²) in [5.74, 6) is -0.268. The van der Waals surface area contributed by atoms with Gasteiger partial charge in [-0.3, -0.25) is 4.55 Å². The molecule has 10 heteroatoms. The van der Waals surface area contributed by atoms with E-state index in [9.17, 15) is 28.0 Å². The van der Waals surface area contributed by atoms with Crippen molar-refractivity contribution in [2.75, 3.05) is 0 Å². The van der Waals surface area contributed by atoms with Crippen LogP contribution in [-0.2, 0) is 14.9 Å². The first-order chi connectivity index (χ1) is 14.2. The number of hydrogen-bond acceptors (Lipinski definition) is 7. The largest absolute Gasteiger partial charge is 0.478 e. The van der Waals surface area contributed by atoms with Crippen molar-refractivity contribution in [1.82, 2.24) is 4.98 Å². The van der Waals surface area contributed by atoms with Crippen LogP contribution in [0.2, 0.25) is 0 Å². The zero-order chi connectivity index (χ0) is 21.5. The maximum Gasteiger partial charge on any atom is 0.336 e. The molecule has 0 amide bonds. The Labute approximate surface area is 170 Å². The minimum Gasteiger partial charge on any atom is -0.478 e. The monoisotopic (exact) mass is 429 g/mol. The van der Waals surface area contributed by atoms with Crippen molar-refractivity contribution < 1.29 is 37.5 Å². The van der Waals surface area contributed by atoms with Gasteiger partial charge in [0.1, 0.15) is 17.2 Å². The molecule has 4 rings (SSSR count). The van der Waals surface area contributed by atoms with Gasteiger partial charge in [0, 0.05) is 11.1 Å². The highest BCUT2D eigenvalue weighted by Crippen LogP contribution is 2.42. The number of rotatable bonds is 5. The average molecular weight is 429 g/mol. The predicted octanol–water partition coefficient (Wildman–Crippen LogP) is 3.15. The molecular weight excluding hydrogens is 414 g/mol. The summed E-state index contributed by atoms with van der Waals surface area (Å²) >= 11 is 0. The lowest BCUT2D eigenvalue weighted by molar-refractivity contribution is -0.101. The smallest absolute Gasteiger partial charge is 0.336 e. The van der Waals surface area contributed by atoms with Crippen LogP contribution < -0.4 is 4.74 Å². The maximum atomic E-state index is 11.7. The normalized spacial score (nSPS) is 18.1. The highest BCUT2D eigenvalue weighted by atomic mass is 32.2. The number of para-hydroxylation sites is 1. The van der Waals surface area contributed by atoms with Crippen LogP contribution in [0.25, 0.3) is 11.3 Å². The first-order valence-corrected chi connectivity index (χ1v) is 10.2. The van der Waals surface area contributed by atoms with Crippen molar-refractivity contribution in [3.05, 3.63) is 77.5 Å². The van der Waals surface area contributed by atoms with Gasteiger partial charge in [-0.25, -0.2) is 9.78 Å². The Morgan fingerprint density at radius 2 is 1.67 bits per heavy atom. The molecule has 2 aromatic carbocycles. The van der Waals surface area contributed by atoms with Gasteiger partial charge in [-0.2, -0.15) is 8.42 Å². The number of aliphatic hydroxyl groups is 1. The molecule has 0 saturated carbocycles. The summed E-state index contributed by atoms with van der Waals surface area (Å²) in [6.07, 6.45) is -1.80. The molecular formula is C20H15NO8S. The van der Waals surface area contributed by atoms with Crippen molar-refractivity contribution >= 4 is 16.1 Å². The highest BCUT2D eigenvalue weighted by molar-refractivity contribution is 7.85. The van der Waals surface area contributed by atoms with Crippen molar-refractivity contribution in [3.63, 3.8) is 0 Å². The van der Waals surface area contributed by atoms with Gasteiger partial charge in [0.05, 0.1) is 11.3 Å². The first kappa shape index (κ1) is 20.0. The van der Waals surface area contributed by atoms with Crippen LogP contribution in [0.1, 0.15) is 33.3 Å². The van der Waals surface area contributed by atoms with E-state index in [1.807, 2.05) is 18.2 Å². The second-order valence-electron chi connectivity index (χ2n) is 6.43. The van der Waals surface area contributed by atoms with Crippen LogP contribution in [0.5, 0.6) is 11.5 Å². The number of benzene rings is 2. The molecule has 1 aromatic heterocycles. The summed E-state index contributed by atoms with van der Waals surface area (Å²) in [5, 5.41) is 19.6. The fourth-order valence-corrected chi connectivity index (χ4v) is 3.91. The first-order valence-electron chi connectivity index (χ1n) is 8.65. The van der Waals surface area contributed by atoms with E-state index in [0.717, 1.165) is 6.07 Å². The summed E-state index contributed by atoms with van der Waals surface area (Å²) < 4.78 is 43.0. The van der Waals surface area contributed by atoms with Gasteiger partial charge in [-0.1, -0.05) is 18.2 Å². The van der Waals surface area contributed by atoms with Gasteiger partial charge < -0.3 is 19.7 Å². The van der Waals surface area contributed by atoms with Crippen LogP contribution in [0.15, 0.2) is 60.7 Å². The molecule has 0 radical (unpaired) electrons. The number of ether oxygens (including phenoxy) is 2. The second-order valence-corrected chi connectivity index (χ2v) is 7.89. The maximum absolute atomic E-state index is 11.7. The van der Waals surface area contributed by atoms with Crippen LogP contribution in [0.3, 0.4) is 0 Å². The van der Waals surface area contributed by atoms with E-state index in [1.165, 1.54) is 0 Å². The van der Waals surface area contributed by atoms with Crippen molar-refractivity contribution in [3.8, 4) is 22.8 Å². The van der Waals surface area contributed by atoms with E-state index in [2.05, 4.69) is 4.98 Å². The molecule has 30 heavy (non-hydrogen) atoms. The number of hydrogen-bond donors (Lipinski definition) is 3. The lowest BCUT2D eigenvalue weighted by atomic mass is 10.0. The number of aromatic carboxylic acids is 1.